The van der Waals surface area contributed by atoms with Crippen LogP contribution in [0.1, 0.15) is 0 Å². The first-order valence-electron chi connectivity index (χ1n) is 9.99. The molecule has 2 aromatic carbocycles. The number of aromatic nitrogens is 2. The van der Waals surface area contributed by atoms with Crippen LogP contribution in [0.25, 0.3) is 11.3 Å². The van der Waals surface area contributed by atoms with Crippen LogP contribution in [0.15, 0.2) is 73.1 Å². The molecule has 0 bridgehead atoms. The van der Waals surface area contributed by atoms with Gasteiger partial charge in [-0.3, -0.25) is 4.98 Å². The van der Waals surface area contributed by atoms with E-state index in [1.165, 1.54) is 0 Å². The first-order chi connectivity index (χ1) is 14.3. The number of para-hydroxylation sites is 1. The number of nitrogens with one attached hydrogen (secondary N) is 1. The normalized spacial score (nSPS) is 20.6. The van der Waals surface area contributed by atoms with Crippen LogP contribution in [0.2, 0.25) is 0 Å². The Bertz CT molecular complexity index is 963. The maximum Gasteiger partial charge on any atom is 0.321 e. The van der Waals surface area contributed by atoms with Gasteiger partial charge in [0.05, 0.1) is 18.1 Å². The summed E-state index contributed by atoms with van der Waals surface area (Å²) >= 11 is 0. The van der Waals surface area contributed by atoms with E-state index in [0.29, 0.717) is 11.8 Å². The van der Waals surface area contributed by atoms with Crippen LogP contribution in [0.3, 0.4) is 0 Å². The Hall–Kier alpha value is -3.41. The molecule has 6 nitrogen and oxygen atoms in total. The second-order valence-electron chi connectivity index (χ2n) is 7.75. The molecule has 0 saturated carbocycles. The molecule has 146 valence electrons. The van der Waals surface area contributed by atoms with Crippen molar-refractivity contribution in [3.05, 3.63) is 73.1 Å². The second-order valence-corrected chi connectivity index (χ2v) is 7.75. The van der Waals surface area contributed by atoms with Gasteiger partial charge in [-0.1, -0.05) is 48.5 Å². The van der Waals surface area contributed by atoms with Crippen LogP contribution in [-0.2, 0) is 0 Å². The summed E-state index contributed by atoms with van der Waals surface area (Å²) in [5.41, 5.74) is 2.80. The summed E-state index contributed by atoms with van der Waals surface area (Å²) in [4.78, 5) is 26.0. The van der Waals surface area contributed by atoms with Gasteiger partial charge in [0.25, 0.3) is 0 Å². The third-order valence-electron chi connectivity index (χ3n) is 5.83. The Kier molecular flexibility index (Phi) is 4.60. The minimum atomic E-state index is -0.0100. The van der Waals surface area contributed by atoms with Gasteiger partial charge in [-0.05, 0) is 12.1 Å². The van der Waals surface area contributed by atoms with E-state index in [-0.39, 0.29) is 6.03 Å². The maximum atomic E-state index is 12.5. The number of rotatable bonds is 3. The van der Waals surface area contributed by atoms with Crippen molar-refractivity contribution in [1.82, 2.24) is 14.9 Å². The molecule has 2 amide bonds. The number of likely N-dealkylation sites (tertiary alicyclic amines) is 1. The molecule has 0 aliphatic carbocycles. The summed E-state index contributed by atoms with van der Waals surface area (Å²) in [5, 5.41) is 2.99. The van der Waals surface area contributed by atoms with E-state index in [1.807, 2.05) is 78.0 Å². The molecule has 0 radical (unpaired) electrons. The van der Waals surface area contributed by atoms with Crippen LogP contribution in [0, 0.1) is 11.8 Å². The smallest absolute Gasteiger partial charge is 0.321 e. The molecule has 2 aliphatic rings. The second kappa shape index (κ2) is 7.54. The Balaban J connectivity index is 1.20. The summed E-state index contributed by atoms with van der Waals surface area (Å²) in [6.45, 7) is 3.41. The summed E-state index contributed by atoms with van der Waals surface area (Å²) in [5.74, 6) is 1.87. The fourth-order valence-electron chi connectivity index (χ4n) is 4.31. The number of anilines is 2. The van der Waals surface area contributed by atoms with E-state index in [4.69, 9.17) is 0 Å². The summed E-state index contributed by atoms with van der Waals surface area (Å²) in [6, 6.07) is 19.7. The molecule has 29 heavy (non-hydrogen) atoms. The molecule has 2 atom stereocenters. The van der Waals surface area contributed by atoms with Crippen molar-refractivity contribution in [3.63, 3.8) is 0 Å². The monoisotopic (exact) mass is 385 g/mol. The zero-order valence-corrected chi connectivity index (χ0v) is 16.1. The van der Waals surface area contributed by atoms with Gasteiger partial charge in [-0.25, -0.2) is 9.78 Å². The van der Waals surface area contributed by atoms with Crippen LogP contribution < -0.4 is 10.2 Å². The van der Waals surface area contributed by atoms with E-state index in [9.17, 15) is 4.79 Å². The largest absolute Gasteiger partial charge is 0.355 e. The lowest BCUT2D eigenvalue weighted by atomic mass is 10.0. The number of fused-ring (bicyclic) bond motifs is 1. The predicted octanol–water partition coefficient (Wildman–Crippen LogP) is 3.74. The summed E-state index contributed by atoms with van der Waals surface area (Å²) in [7, 11) is 0. The van der Waals surface area contributed by atoms with Crippen LogP contribution in [0.4, 0.5) is 16.3 Å². The number of amides is 2. The van der Waals surface area contributed by atoms with Gasteiger partial charge in [0.15, 0.2) is 0 Å². The quantitative estimate of drug-likeness (QED) is 0.746. The Morgan fingerprint density at radius 1 is 0.828 bits per heavy atom. The van der Waals surface area contributed by atoms with Crippen molar-refractivity contribution in [2.75, 3.05) is 36.4 Å². The summed E-state index contributed by atoms with van der Waals surface area (Å²) < 4.78 is 0. The lowest BCUT2D eigenvalue weighted by Gasteiger charge is -2.22. The van der Waals surface area contributed by atoms with Crippen LogP contribution in [0.5, 0.6) is 0 Å². The zero-order chi connectivity index (χ0) is 19.6. The molecule has 5 rings (SSSR count). The number of hydrogen-bond acceptors (Lipinski definition) is 4. The van der Waals surface area contributed by atoms with Crippen molar-refractivity contribution < 1.29 is 4.79 Å². The number of carbonyl (C=O) groups excluding carboxylic acids is 1. The van der Waals surface area contributed by atoms with E-state index < -0.39 is 0 Å². The fourth-order valence-corrected chi connectivity index (χ4v) is 4.31. The Morgan fingerprint density at radius 2 is 1.48 bits per heavy atom. The van der Waals surface area contributed by atoms with Gasteiger partial charge in [-0.2, -0.15) is 0 Å². The van der Waals surface area contributed by atoms with Crippen LogP contribution in [-0.4, -0.2) is 47.1 Å². The molecule has 1 aromatic heterocycles. The zero-order valence-electron chi connectivity index (χ0n) is 16.1. The molecule has 3 aromatic rings. The molecular weight excluding hydrogens is 362 g/mol. The molecule has 1 N–H and O–H groups in total. The van der Waals surface area contributed by atoms with E-state index in [2.05, 4.69) is 20.2 Å². The summed E-state index contributed by atoms with van der Waals surface area (Å²) in [6.07, 6.45) is 3.71. The van der Waals surface area contributed by atoms with Gasteiger partial charge in [0.2, 0.25) is 0 Å². The third-order valence-corrected chi connectivity index (χ3v) is 5.83. The van der Waals surface area contributed by atoms with Crippen molar-refractivity contribution >= 4 is 17.5 Å². The third kappa shape index (κ3) is 3.66. The molecule has 2 saturated heterocycles. The first-order valence-corrected chi connectivity index (χ1v) is 9.99. The van der Waals surface area contributed by atoms with Crippen molar-refractivity contribution in [1.29, 1.82) is 0 Å². The molecular formula is C23H23N5O. The van der Waals surface area contributed by atoms with E-state index in [0.717, 1.165) is 48.9 Å². The minimum Gasteiger partial charge on any atom is -0.355 e. The van der Waals surface area contributed by atoms with Gasteiger partial charge < -0.3 is 15.1 Å². The van der Waals surface area contributed by atoms with E-state index >= 15 is 0 Å². The fraction of sp³-hybridized carbons (Fsp3) is 0.261. The topological polar surface area (TPSA) is 61.4 Å². The molecule has 2 aliphatic heterocycles. The number of hydrogen-bond donors (Lipinski definition) is 1. The average molecular weight is 385 g/mol. The highest BCUT2D eigenvalue weighted by molar-refractivity contribution is 5.89. The highest BCUT2D eigenvalue weighted by atomic mass is 16.2. The molecule has 2 fully saturated rings. The standard InChI is InChI=1S/C23H23N5O/c29-23(26-20-9-5-2-6-10-20)28-15-18-13-27(14-19(18)16-28)22-12-24-21(11-25-22)17-7-3-1-4-8-17/h1-12,18-19H,13-16H2,(H,26,29). The van der Waals surface area contributed by atoms with Crippen molar-refractivity contribution in [2.45, 2.75) is 0 Å². The number of carbonyl (C=O) groups is 1. The number of urea groups is 1. The highest BCUT2D eigenvalue weighted by Crippen LogP contribution is 2.33. The van der Waals surface area contributed by atoms with Gasteiger partial charge in [-0.15, -0.1) is 0 Å². The predicted molar refractivity (Wildman–Crippen MR) is 114 cm³/mol. The highest BCUT2D eigenvalue weighted by Gasteiger charge is 2.42. The van der Waals surface area contributed by atoms with Gasteiger partial charge >= 0.3 is 6.03 Å². The van der Waals surface area contributed by atoms with Crippen molar-refractivity contribution in [2.24, 2.45) is 11.8 Å². The maximum absolute atomic E-state index is 12.5. The lowest BCUT2D eigenvalue weighted by molar-refractivity contribution is 0.219. The van der Waals surface area contributed by atoms with E-state index in [1.54, 1.807) is 0 Å². The number of benzene rings is 2. The van der Waals surface area contributed by atoms with Gasteiger partial charge in [0, 0.05) is 49.3 Å². The van der Waals surface area contributed by atoms with Crippen molar-refractivity contribution in [3.8, 4) is 11.3 Å². The average Bonchev–Trinajstić information content (AvgIpc) is 3.35. The minimum absolute atomic E-state index is 0.0100. The molecule has 3 heterocycles. The van der Waals surface area contributed by atoms with Crippen LogP contribution >= 0.6 is 0 Å². The lowest BCUT2D eigenvalue weighted by Crippen LogP contribution is -2.36. The Labute approximate surface area is 170 Å². The molecule has 2 unspecified atom stereocenters. The SMILES string of the molecule is O=C(Nc1ccccc1)N1CC2CN(c3cnc(-c4ccccc4)cn3)CC2C1. The number of nitrogens with zero attached hydrogens (tertiary/aromatic N) is 4. The first kappa shape index (κ1) is 17.7. The van der Waals surface area contributed by atoms with Gasteiger partial charge in [0.1, 0.15) is 5.82 Å². The molecule has 0 spiro atoms. The Morgan fingerprint density at radius 3 is 2.10 bits per heavy atom. The molecule has 6 heteroatoms.